The molecule has 1 aromatic heterocycles. The summed E-state index contributed by atoms with van der Waals surface area (Å²) in [4.78, 5) is 7.09. The predicted octanol–water partition coefficient (Wildman–Crippen LogP) is 2.87. The largest absolute Gasteiger partial charge is 0.353 e. The van der Waals surface area contributed by atoms with Crippen LogP contribution in [0.3, 0.4) is 0 Å². The van der Waals surface area contributed by atoms with E-state index in [0.29, 0.717) is 0 Å². The highest BCUT2D eigenvalue weighted by atomic mass is 15.2. The van der Waals surface area contributed by atoms with Crippen LogP contribution in [0, 0.1) is 5.92 Å². The van der Waals surface area contributed by atoms with Crippen LogP contribution < -0.4 is 10.6 Å². The van der Waals surface area contributed by atoms with Crippen molar-refractivity contribution in [2.24, 2.45) is 11.7 Å². The van der Waals surface area contributed by atoms with Crippen LogP contribution in [0.5, 0.6) is 0 Å². The molecule has 1 aliphatic heterocycles. The third-order valence-electron chi connectivity index (χ3n) is 4.60. The van der Waals surface area contributed by atoms with Gasteiger partial charge in [0.1, 0.15) is 5.82 Å². The lowest BCUT2D eigenvalue weighted by atomic mass is 9.85. The molecule has 98 valence electrons. The van der Waals surface area contributed by atoms with Crippen molar-refractivity contribution >= 4 is 5.82 Å². The molecule has 0 radical (unpaired) electrons. The van der Waals surface area contributed by atoms with Crippen molar-refractivity contribution in [2.75, 3.05) is 11.4 Å². The van der Waals surface area contributed by atoms with Crippen LogP contribution in [0.1, 0.15) is 50.6 Å². The van der Waals surface area contributed by atoms with Gasteiger partial charge < -0.3 is 10.6 Å². The molecule has 0 amide bonds. The van der Waals surface area contributed by atoms with Crippen molar-refractivity contribution in [3.05, 3.63) is 23.9 Å². The molecule has 18 heavy (non-hydrogen) atoms. The first-order valence-electron chi connectivity index (χ1n) is 7.24. The van der Waals surface area contributed by atoms with Gasteiger partial charge in [0.2, 0.25) is 0 Å². The molecular weight excluding hydrogens is 222 g/mol. The molecule has 0 spiro atoms. The monoisotopic (exact) mass is 245 g/mol. The second-order valence-electron chi connectivity index (χ2n) is 5.83. The van der Waals surface area contributed by atoms with Crippen LogP contribution in [0.25, 0.3) is 0 Å². The highest BCUT2D eigenvalue weighted by molar-refractivity contribution is 5.44. The number of nitrogens with two attached hydrogens (primary N) is 1. The molecule has 2 aliphatic rings. The number of hydrogen-bond acceptors (Lipinski definition) is 3. The number of fused-ring (bicyclic) bond motifs is 1. The van der Waals surface area contributed by atoms with E-state index in [0.717, 1.165) is 17.8 Å². The Balaban J connectivity index is 1.84. The highest BCUT2D eigenvalue weighted by Crippen LogP contribution is 2.38. The smallest absolute Gasteiger partial charge is 0.129 e. The molecule has 3 rings (SSSR count). The van der Waals surface area contributed by atoms with Gasteiger partial charge in [0.15, 0.2) is 0 Å². The van der Waals surface area contributed by atoms with Gasteiger partial charge in [-0.1, -0.05) is 12.8 Å². The van der Waals surface area contributed by atoms with Crippen molar-refractivity contribution in [3.63, 3.8) is 0 Å². The Morgan fingerprint density at radius 3 is 3.00 bits per heavy atom. The van der Waals surface area contributed by atoms with Gasteiger partial charge >= 0.3 is 0 Å². The van der Waals surface area contributed by atoms with Crippen molar-refractivity contribution in [3.8, 4) is 0 Å². The summed E-state index contributed by atoms with van der Waals surface area (Å²) in [5, 5.41) is 0. The normalized spacial score (nSPS) is 29.1. The van der Waals surface area contributed by atoms with E-state index in [2.05, 4.69) is 16.0 Å². The molecule has 3 heteroatoms. The quantitative estimate of drug-likeness (QED) is 0.871. The fraction of sp³-hybridized carbons (Fsp3) is 0.667. The van der Waals surface area contributed by atoms with Gasteiger partial charge in [0.25, 0.3) is 0 Å². The van der Waals surface area contributed by atoms with Crippen molar-refractivity contribution in [1.29, 1.82) is 0 Å². The summed E-state index contributed by atoms with van der Waals surface area (Å²) in [6.07, 6.45) is 8.80. The van der Waals surface area contributed by atoms with Crippen LogP contribution >= 0.6 is 0 Å². The lowest BCUT2D eigenvalue weighted by Gasteiger charge is -2.32. The minimum absolute atomic E-state index is 0.0940. The molecule has 3 unspecified atom stereocenters. The molecule has 0 bridgehead atoms. The molecule has 1 aromatic rings. The number of hydrogen-bond donors (Lipinski definition) is 1. The second kappa shape index (κ2) is 4.88. The van der Waals surface area contributed by atoms with Crippen LogP contribution in [0.15, 0.2) is 18.3 Å². The average Bonchev–Trinajstić information content (AvgIpc) is 2.82. The van der Waals surface area contributed by atoms with E-state index in [-0.39, 0.29) is 6.04 Å². The minimum atomic E-state index is 0.0940. The Hall–Kier alpha value is -1.09. The second-order valence-corrected chi connectivity index (χ2v) is 5.83. The summed E-state index contributed by atoms with van der Waals surface area (Å²) >= 11 is 0. The molecule has 3 atom stereocenters. The minimum Gasteiger partial charge on any atom is -0.353 e. The van der Waals surface area contributed by atoms with Crippen LogP contribution in [0.4, 0.5) is 5.82 Å². The average molecular weight is 245 g/mol. The van der Waals surface area contributed by atoms with E-state index >= 15 is 0 Å². The summed E-state index contributed by atoms with van der Waals surface area (Å²) < 4.78 is 0. The van der Waals surface area contributed by atoms with Gasteiger partial charge in [-0.3, -0.25) is 0 Å². The SMILES string of the molecule is CC(N)c1ccnc(N2CCC3CCCCC32)c1. The maximum atomic E-state index is 5.97. The summed E-state index contributed by atoms with van der Waals surface area (Å²) in [7, 11) is 0. The van der Waals surface area contributed by atoms with Crippen molar-refractivity contribution < 1.29 is 0 Å². The zero-order valence-corrected chi connectivity index (χ0v) is 11.2. The summed E-state index contributed by atoms with van der Waals surface area (Å²) in [6.45, 7) is 3.21. The fourth-order valence-corrected chi connectivity index (χ4v) is 3.56. The first-order chi connectivity index (χ1) is 8.75. The van der Waals surface area contributed by atoms with Gasteiger partial charge in [0, 0.05) is 24.8 Å². The Morgan fingerprint density at radius 1 is 1.33 bits per heavy atom. The highest BCUT2D eigenvalue weighted by Gasteiger charge is 2.36. The Kier molecular flexibility index (Phi) is 3.25. The van der Waals surface area contributed by atoms with Crippen LogP contribution in [-0.4, -0.2) is 17.6 Å². The lowest BCUT2D eigenvalue weighted by molar-refractivity contribution is 0.341. The number of pyridine rings is 1. The summed E-state index contributed by atoms with van der Waals surface area (Å²) in [5.41, 5.74) is 7.16. The van der Waals surface area contributed by atoms with Crippen molar-refractivity contribution in [2.45, 2.75) is 51.1 Å². The van der Waals surface area contributed by atoms with E-state index in [1.807, 2.05) is 19.2 Å². The molecule has 1 saturated carbocycles. The van der Waals surface area contributed by atoms with Gasteiger partial charge in [-0.25, -0.2) is 4.98 Å². The van der Waals surface area contributed by atoms with E-state index in [1.54, 1.807) is 0 Å². The zero-order chi connectivity index (χ0) is 12.5. The molecule has 3 nitrogen and oxygen atoms in total. The summed E-state index contributed by atoms with van der Waals surface area (Å²) in [5.74, 6) is 2.04. The molecule has 2 fully saturated rings. The zero-order valence-electron chi connectivity index (χ0n) is 11.2. The van der Waals surface area contributed by atoms with E-state index in [4.69, 9.17) is 5.73 Å². The number of aromatic nitrogens is 1. The topological polar surface area (TPSA) is 42.1 Å². The lowest BCUT2D eigenvalue weighted by Crippen LogP contribution is -2.35. The Morgan fingerprint density at radius 2 is 2.17 bits per heavy atom. The van der Waals surface area contributed by atoms with Gasteiger partial charge in [0.05, 0.1) is 0 Å². The van der Waals surface area contributed by atoms with E-state index in [1.165, 1.54) is 44.2 Å². The molecule has 1 aliphatic carbocycles. The molecular formula is C15H23N3. The third-order valence-corrected chi connectivity index (χ3v) is 4.60. The Labute approximate surface area is 109 Å². The molecule has 0 aromatic carbocycles. The van der Waals surface area contributed by atoms with E-state index < -0.39 is 0 Å². The maximum absolute atomic E-state index is 5.97. The predicted molar refractivity (Wildman–Crippen MR) is 74.5 cm³/mol. The third kappa shape index (κ3) is 2.12. The van der Waals surface area contributed by atoms with Gasteiger partial charge in [-0.15, -0.1) is 0 Å². The maximum Gasteiger partial charge on any atom is 0.129 e. The Bertz CT molecular complexity index is 416. The molecule has 1 saturated heterocycles. The van der Waals surface area contributed by atoms with E-state index in [9.17, 15) is 0 Å². The van der Waals surface area contributed by atoms with Gasteiger partial charge in [-0.05, 0) is 49.8 Å². The molecule has 2 N–H and O–H groups in total. The van der Waals surface area contributed by atoms with Gasteiger partial charge in [-0.2, -0.15) is 0 Å². The number of anilines is 1. The standard InChI is InChI=1S/C15H23N3/c1-11(16)13-6-8-17-15(10-13)18-9-7-12-4-2-3-5-14(12)18/h6,8,10-12,14H,2-5,7,9,16H2,1H3. The van der Waals surface area contributed by atoms with Crippen LogP contribution in [-0.2, 0) is 0 Å². The summed E-state index contributed by atoms with van der Waals surface area (Å²) in [6, 6.07) is 5.04. The van der Waals surface area contributed by atoms with Crippen molar-refractivity contribution in [1.82, 2.24) is 4.98 Å². The number of nitrogens with zero attached hydrogens (tertiary/aromatic N) is 2. The number of rotatable bonds is 2. The fourth-order valence-electron chi connectivity index (χ4n) is 3.56. The first-order valence-corrected chi connectivity index (χ1v) is 7.24. The first kappa shape index (κ1) is 12.0. The molecule has 2 heterocycles. The van der Waals surface area contributed by atoms with Crippen LogP contribution in [0.2, 0.25) is 0 Å².